The van der Waals surface area contributed by atoms with E-state index in [1.165, 1.54) is 0 Å². The third kappa shape index (κ3) is 3.19. The number of rotatable bonds is 4. The Hall–Kier alpha value is -1.66. The number of fused-ring (bicyclic) bond motifs is 1. The number of methoxy groups -OCH3 is 1. The molecule has 2 N–H and O–H groups in total. The fraction of sp³-hybridized carbons (Fsp3) is 0.444. The molecule has 124 valence electrons. The Morgan fingerprint density at radius 2 is 1.96 bits per heavy atom. The zero-order valence-corrected chi connectivity index (χ0v) is 13.5. The summed E-state index contributed by atoms with van der Waals surface area (Å²) in [5.74, 6) is 0.822. The van der Waals surface area contributed by atoms with Crippen LogP contribution >= 0.6 is 0 Å². The van der Waals surface area contributed by atoms with E-state index in [-0.39, 0.29) is 12.6 Å². The average molecular weight is 317 g/mol. The molecule has 5 heteroatoms. The number of benzene rings is 2. The van der Waals surface area contributed by atoms with E-state index in [2.05, 4.69) is 12.1 Å². The summed E-state index contributed by atoms with van der Waals surface area (Å²) in [6.45, 7) is 1.19. The molecule has 0 aliphatic carbocycles. The lowest BCUT2D eigenvalue weighted by Gasteiger charge is -2.37. The minimum absolute atomic E-state index is 0.184. The van der Waals surface area contributed by atoms with Crippen LogP contribution in [0.4, 0.5) is 0 Å². The molecule has 2 aromatic rings. The highest BCUT2D eigenvalue weighted by Gasteiger charge is 2.34. The first-order chi connectivity index (χ1) is 11.1. The van der Waals surface area contributed by atoms with Gasteiger partial charge in [-0.2, -0.15) is 0 Å². The van der Waals surface area contributed by atoms with Gasteiger partial charge in [0.15, 0.2) is 0 Å². The summed E-state index contributed by atoms with van der Waals surface area (Å²) < 4.78 is 10.9. The van der Waals surface area contributed by atoms with Gasteiger partial charge < -0.3 is 19.7 Å². The second-order valence-electron chi connectivity index (χ2n) is 6.05. The molecule has 0 unspecified atom stereocenters. The third-order valence-electron chi connectivity index (χ3n) is 4.56. The molecule has 1 saturated heterocycles. The molecular formula is C18H23NO4. The summed E-state index contributed by atoms with van der Waals surface area (Å²) in [5, 5.41) is 22.3. The molecule has 1 heterocycles. The maximum Gasteiger partial charge on any atom is 0.123 e. The van der Waals surface area contributed by atoms with Crippen LogP contribution in [-0.4, -0.2) is 60.7 Å². The van der Waals surface area contributed by atoms with Gasteiger partial charge in [0.25, 0.3) is 0 Å². The van der Waals surface area contributed by atoms with E-state index >= 15 is 0 Å². The zero-order valence-electron chi connectivity index (χ0n) is 13.5. The number of nitrogens with zero attached hydrogens (tertiary/aromatic N) is 1. The van der Waals surface area contributed by atoms with Gasteiger partial charge in [-0.05, 0) is 23.9 Å². The number of hydrogen-bond donors (Lipinski definition) is 2. The van der Waals surface area contributed by atoms with Crippen LogP contribution in [0.1, 0.15) is 5.56 Å². The van der Waals surface area contributed by atoms with E-state index < -0.39 is 12.2 Å². The minimum atomic E-state index is -0.842. The third-order valence-corrected chi connectivity index (χ3v) is 4.56. The minimum Gasteiger partial charge on any atom is -0.496 e. The Morgan fingerprint density at radius 1 is 1.17 bits per heavy atom. The molecule has 0 amide bonds. The van der Waals surface area contributed by atoms with Crippen LogP contribution < -0.4 is 4.74 Å². The van der Waals surface area contributed by atoms with Crippen LogP contribution in [0.3, 0.4) is 0 Å². The van der Waals surface area contributed by atoms with Gasteiger partial charge in [0.2, 0.25) is 0 Å². The van der Waals surface area contributed by atoms with Crippen LogP contribution in [0.2, 0.25) is 0 Å². The Balaban J connectivity index is 1.91. The largest absolute Gasteiger partial charge is 0.496 e. The van der Waals surface area contributed by atoms with Gasteiger partial charge in [0, 0.05) is 12.1 Å². The predicted octanol–water partition coefficient (Wildman–Crippen LogP) is 1.40. The fourth-order valence-corrected chi connectivity index (χ4v) is 3.19. The first kappa shape index (κ1) is 16.2. The van der Waals surface area contributed by atoms with Crippen molar-refractivity contribution in [2.75, 3.05) is 27.4 Å². The van der Waals surface area contributed by atoms with Crippen molar-refractivity contribution < 1.29 is 19.7 Å². The summed E-state index contributed by atoms with van der Waals surface area (Å²) in [7, 11) is 3.59. The molecule has 2 aromatic carbocycles. The van der Waals surface area contributed by atoms with Crippen molar-refractivity contribution in [1.29, 1.82) is 0 Å². The van der Waals surface area contributed by atoms with Crippen LogP contribution in [0.15, 0.2) is 36.4 Å². The highest BCUT2D eigenvalue weighted by Crippen LogP contribution is 2.30. The normalized spacial score (nSPS) is 25.0. The zero-order chi connectivity index (χ0) is 16.4. The first-order valence-corrected chi connectivity index (χ1v) is 7.80. The van der Waals surface area contributed by atoms with Gasteiger partial charge in [0.1, 0.15) is 11.9 Å². The summed E-state index contributed by atoms with van der Waals surface area (Å²) in [5.41, 5.74) is 1.07. The second kappa shape index (κ2) is 6.84. The van der Waals surface area contributed by atoms with E-state index in [1.807, 2.05) is 36.2 Å². The fourth-order valence-electron chi connectivity index (χ4n) is 3.19. The molecule has 0 radical (unpaired) electrons. The molecule has 5 nitrogen and oxygen atoms in total. The molecular weight excluding hydrogens is 294 g/mol. The van der Waals surface area contributed by atoms with Gasteiger partial charge in [-0.25, -0.2) is 0 Å². The van der Waals surface area contributed by atoms with Crippen molar-refractivity contribution in [2.45, 2.75) is 24.8 Å². The lowest BCUT2D eigenvalue weighted by Crippen LogP contribution is -2.54. The van der Waals surface area contributed by atoms with E-state index in [9.17, 15) is 10.2 Å². The summed E-state index contributed by atoms with van der Waals surface area (Å²) in [6, 6.07) is 11.9. The molecule has 0 aromatic heterocycles. The number of aliphatic hydroxyl groups excluding tert-OH is 2. The molecule has 0 bridgehead atoms. The van der Waals surface area contributed by atoms with Crippen LogP contribution in [-0.2, 0) is 11.3 Å². The molecule has 3 atom stereocenters. The summed E-state index contributed by atoms with van der Waals surface area (Å²) in [4.78, 5) is 2.01. The number of ether oxygens (including phenoxy) is 2. The first-order valence-electron chi connectivity index (χ1n) is 7.80. The smallest absolute Gasteiger partial charge is 0.123 e. The van der Waals surface area contributed by atoms with E-state index in [0.29, 0.717) is 13.2 Å². The van der Waals surface area contributed by atoms with Gasteiger partial charge in [0.05, 0.1) is 32.5 Å². The van der Waals surface area contributed by atoms with Crippen molar-refractivity contribution in [3.8, 4) is 5.75 Å². The van der Waals surface area contributed by atoms with Gasteiger partial charge in [-0.3, -0.25) is 4.90 Å². The van der Waals surface area contributed by atoms with Gasteiger partial charge in [-0.15, -0.1) is 0 Å². The van der Waals surface area contributed by atoms with E-state index in [4.69, 9.17) is 9.47 Å². The molecule has 1 aliphatic heterocycles. The molecule has 23 heavy (non-hydrogen) atoms. The Labute approximate surface area is 136 Å². The monoisotopic (exact) mass is 317 g/mol. The van der Waals surface area contributed by atoms with Crippen LogP contribution in [0.25, 0.3) is 10.8 Å². The second-order valence-corrected chi connectivity index (χ2v) is 6.05. The van der Waals surface area contributed by atoms with Gasteiger partial charge >= 0.3 is 0 Å². The lowest BCUT2D eigenvalue weighted by molar-refractivity contribution is -0.129. The van der Waals surface area contributed by atoms with Gasteiger partial charge in [-0.1, -0.05) is 30.3 Å². The standard InChI is InChI=1S/C18H23NO4/c1-19(15-10-23-11-16(20)18(15)21)9-14-13-6-4-3-5-12(13)7-8-17(14)22-2/h3-8,15-16,18,20-21H,9-11H2,1-2H3/t15-,16-,18+/m1/s1. The summed E-state index contributed by atoms with van der Waals surface area (Å²) in [6.07, 6.45) is -1.65. The maximum absolute atomic E-state index is 10.2. The molecule has 1 aliphatic rings. The summed E-state index contributed by atoms with van der Waals surface area (Å²) >= 11 is 0. The Kier molecular flexibility index (Phi) is 4.82. The Bertz CT molecular complexity index is 675. The molecule has 1 fully saturated rings. The van der Waals surface area contributed by atoms with Crippen LogP contribution in [0.5, 0.6) is 5.75 Å². The number of likely N-dealkylation sites (N-methyl/N-ethyl adjacent to an activating group) is 1. The van der Waals surface area contributed by atoms with Crippen molar-refractivity contribution in [2.24, 2.45) is 0 Å². The van der Waals surface area contributed by atoms with Crippen molar-refractivity contribution in [3.63, 3.8) is 0 Å². The van der Waals surface area contributed by atoms with Crippen LogP contribution in [0, 0.1) is 0 Å². The van der Waals surface area contributed by atoms with Crippen molar-refractivity contribution in [3.05, 3.63) is 42.0 Å². The van der Waals surface area contributed by atoms with E-state index in [1.54, 1.807) is 7.11 Å². The highest BCUT2D eigenvalue weighted by atomic mass is 16.5. The SMILES string of the molecule is COc1ccc2ccccc2c1CN(C)[C@@H]1COC[C@@H](O)[C@H]1O. The Morgan fingerprint density at radius 3 is 2.74 bits per heavy atom. The molecule has 0 spiro atoms. The van der Waals surface area contributed by atoms with E-state index in [0.717, 1.165) is 22.1 Å². The molecule has 0 saturated carbocycles. The maximum atomic E-state index is 10.2. The van der Waals surface area contributed by atoms with Crippen molar-refractivity contribution in [1.82, 2.24) is 4.90 Å². The quantitative estimate of drug-likeness (QED) is 0.892. The van der Waals surface area contributed by atoms with Crippen molar-refractivity contribution >= 4 is 10.8 Å². The average Bonchev–Trinajstić information content (AvgIpc) is 2.57. The lowest BCUT2D eigenvalue weighted by atomic mass is 9.99. The highest BCUT2D eigenvalue weighted by molar-refractivity contribution is 5.87. The predicted molar refractivity (Wildman–Crippen MR) is 88.6 cm³/mol. The number of hydrogen-bond acceptors (Lipinski definition) is 5. The molecule has 3 rings (SSSR count). The topological polar surface area (TPSA) is 62.2 Å². The number of aliphatic hydroxyl groups is 2.